The number of hydrogen-bond acceptors (Lipinski definition) is 3. The molecule has 84 valence electrons. The normalized spacial score (nSPS) is 12.9. The van der Waals surface area contributed by atoms with Gasteiger partial charge in [0.25, 0.3) is 0 Å². The standard InChI is InChI=1S/C9H18BrNO2S/c1-8(10)7-11-5-6-14(12,13)9(2,3)4/h11H,1,5-7H2,2-4H3. The van der Waals surface area contributed by atoms with Crippen LogP contribution in [-0.4, -0.2) is 32.0 Å². The van der Waals surface area contributed by atoms with Crippen LogP contribution in [0, 0.1) is 0 Å². The van der Waals surface area contributed by atoms with E-state index < -0.39 is 14.6 Å². The molecule has 0 saturated carbocycles. The van der Waals surface area contributed by atoms with Crippen molar-refractivity contribution in [3.63, 3.8) is 0 Å². The maximum atomic E-state index is 11.6. The Morgan fingerprint density at radius 3 is 2.29 bits per heavy atom. The molecule has 5 heteroatoms. The van der Waals surface area contributed by atoms with E-state index in [9.17, 15) is 8.42 Å². The number of rotatable bonds is 5. The van der Waals surface area contributed by atoms with Crippen molar-refractivity contribution in [2.75, 3.05) is 18.8 Å². The maximum Gasteiger partial charge on any atom is 0.156 e. The second-order valence-corrected chi connectivity index (χ2v) is 8.11. The van der Waals surface area contributed by atoms with Gasteiger partial charge in [0.15, 0.2) is 9.84 Å². The van der Waals surface area contributed by atoms with E-state index in [1.165, 1.54) is 0 Å². The quantitative estimate of drug-likeness (QED) is 0.782. The molecule has 0 heterocycles. The molecular formula is C9H18BrNO2S. The molecule has 0 atom stereocenters. The van der Waals surface area contributed by atoms with Gasteiger partial charge in [-0.25, -0.2) is 8.42 Å². The van der Waals surface area contributed by atoms with Crippen LogP contribution < -0.4 is 5.32 Å². The Bertz CT molecular complexity index is 290. The molecule has 14 heavy (non-hydrogen) atoms. The lowest BCUT2D eigenvalue weighted by atomic mass is 10.3. The van der Waals surface area contributed by atoms with Gasteiger partial charge in [-0.05, 0) is 20.8 Å². The van der Waals surface area contributed by atoms with E-state index in [4.69, 9.17) is 0 Å². The summed E-state index contributed by atoms with van der Waals surface area (Å²) in [6.07, 6.45) is 0. The van der Waals surface area contributed by atoms with Crippen LogP contribution in [0.1, 0.15) is 20.8 Å². The molecule has 0 aromatic rings. The van der Waals surface area contributed by atoms with Crippen molar-refractivity contribution in [3.8, 4) is 0 Å². The molecule has 0 radical (unpaired) electrons. The summed E-state index contributed by atoms with van der Waals surface area (Å²) >= 11 is 3.19. The fraction of sp³-hybridized carbons (Fsp3) is 0.778. The summed E-state index contributed by atoms with van der Waals surface area (Å²) < 4.78 is 23.4. The zero-order valence-electron chi connectivity index (χ0n) is 8.93. The number of nitrogens with one attached hydrogen (secondary N) is 1. The number of halogens is 1. The highest BCUT2D eigenvalue weighted by Crippen LogP contribution is 2.15. The van der Waals surface area contributed by atoms with Gasteiger partial charge >= 0.3 is 0 Å². The number of sulfone groups is 1. The van der Waals surface area contributed by atoms with Crippen LogP contribution >= 0.6 is 15.9 Å². The highest BCUT2D eigenvalue weighted by atomic mass is 79.9. The third-order valence-corrected chi connectivity index (χ3v) is 4.69. The minimum atomic E-state index is -3.00. The zero-order chi connectivity index (χ0) is 11.4. The smallest absolute Gasteiger partial charge is 0.156 e. The Hall–Kier alpha value is 0.130. The van der Waals surface area contributed by atoms with E-state index in [-0.39, 0.29) is 5.75 Å². The van der Waals surface area contributed by atoms with Crippen LogP contribution in [0.25, 0.3) is 0 Å². The Labute approximate surface area is 95.0 Å². The first kappa shape index (κ1) is 14.1. The topological polar surface area (TPSA) is 46.2 Å². The van der Waals surface area contributed by atoms with E-state index in [1.807, 2.05) is 0 Å². The summed E-state index contributed by atoms with van der Waals surface area (Å²) in [6, 6.07) is 0. The molecule has 0 aliphatic rings. The van der Waals surface area contributed by atoms with E-state index in [0.717, 1.165) is 4.48 Å². The van der Waals surface area contributed by atoms with Crippen LogP contribution in [0.5, 0.6) is 0 Å². The minimum Gasteiger partial charge on any atom is -0.311 e. The molecule has 0 unspecified atom stereocenters. The summed E-state index contributed by atoms with van der Waals surface area (Å²) in [5.41, 5.74) is 0. The second-order valence-electron chi connectivity index (χ2n) is 4.13. The largest absolute Gasteiger partial charge is 0.311 e. The van der Waals surface area contributed by atoms with Crippen LogP contribution in [0.3, 0.4) is 0 Å². The molecule has 0 saturated heterocycles. The van der Waals surface area contributed by atoms with E-state index in [1.54, 1.807) is 20.8 Å². The molecule has 0 aromatic carbocycles. The maximum absolute atomic E-state index is 11.6. The molecule has 1 N–H and O–H groups in total. The van der Waals surface area contributed by atoms with E-state index >= 15 is 0 Å². The fourth-order valence-corrected chi connectivity index (χ4v) is 1.96. The average molecular weight is 284 g/mol. The lowest BCUT2D eigenvalue weighted by molar-refractivity contribution is 0.557. The Morgan fingerprint density at radius 1 is 1.43 bits per heavy atom. The molecule has 0 aromatic heterocycles. The molecule has 0 fully saturated rings. The van der Waals surface area contributed by atoms with Gasteiger partial charge in [0.1, 0.15) is 0 Å². The van der Waals surface area contributed by atoms with Gasteiger partial charge in [-0.1, -0.05) is 22.5 Å². The first-order valence-electron chi connectivity index (χ1n) is 4.43. The predicted octanol–water partition coefficient (Wildman–Crippen LogP) is 1.70. The predicted molar refractivity (Wildman–Crippen MR) is 64.5 cm³/mol. The van der Waals surface area contributed by atoms with Crippen molar-refractivity contribution in [2.24, 2.45) is 0 Å². The van der Waals surface area contributed by atoms with Crippen LogP contribution in [0.15, 0.2) is 11.1 Å². The highest BCUT2D eigenvalue weighted by molar-refractivity contribution is 9.11. The molecule has 0 bridgehead atoms. The van der Waals surface area contributed by atoms with Crippen molar-refractivity contribution in [1.82, 2.24) is 5.32 Å². The summed E-state index contributed by atoms with van der Waals surface area (Å²) in [4.78, 5) is 0. The van der Waals surface area contributed by atoms with Crippen molar-refractivity contribution < 1.29 is 8.42 Å². The molecule has 0 spiro atoms. The van der Waals surface area contributed by atoms with Gasteiger partial charge in [0.05, 0.1) is 10.5 Å². The van der Waals surface area contributed by atoms with Crippen LogP contribution in [0.4, 0.5) is 0 Å². The van der Waals surface area contributed by atoms with E-state index in [2.05, 4.69) is 27.8 Å². The fourth-order valence-electron chi connectivity index (χ4n) is 0.737. The monoisotopic (exact) mass is 283 g/mol. The first-order chi connectivity index (χ1) is 6.17. The van der Waals surface area contributed by atoms with Gasteiger partial charge in [-0.2, -0.15) is 0 Å². The Balaban J connectivity index is 3.97. The van der Waals surface area contributed by atoms with Crippen molar-refractivity contribution in [3.05, 3.63) is 11.1 Å². The van der Waals surface area contributed by atoms with Crippen LogP contribution in [0.2, 0.25) is 0 Å². The molecular weight excluding hydrogens is 266 g/mol. The lowest BCUT2D eigenvalue weighted by Gasteiger charge is -2.19. The van der Waals surface area contributed by atoms with Crippen molar-refractivity contribution >= 4 is 25.8 Å². The summed E-state index contributed by atoms with van der Waals surface area (Å²) in [6.45, 7) is 9.84. The van der Waals surface area contributed by atoms with Gasteiger partial charge in [0.2, 0.25) is 0 Å². The molecule has 0 amide bonds. The first-order valence-corrected chi connectivity index (χ1v) is 6.87. The molecule has 0 aliphatic carbocycles. The van der Waals surface area contributed by atoms with Gasteiger partial charge < -0.3 is 5.32 Å². The van der Waals surface area contributed by atoms with Gasteiger partial charge in [-0.3, -0.25) is 0 Å². The van der Waals surface area contributed by atoms with Gasteiger partial charge in [0, 0.05) is 17.6 Å². The van der Waals surface area contributed by atoms with Crippen molar-refractivity contribution in [2.45, 2.75) is 25.5 Å². The SMILES string of the molecule is C=C(Br)CNCCS(=O)(=O)C(C)(C)C. The van der Waals surface area contributed by atoms with E-state index in [0.29, 0.717) is 13.1 Å². The third-order valence-electron chi connectivity index (χ3n) is 1.80. The molecule has 0 rings (SSSR count). The van der Waals surface area contributed by atoms with Gasteiger partial charge in [-0.15, -0.1) is 0 Å². The van der Waals surface area contributed by atoms with Crippen LogP contribution in [-0.2, 0) is 9.84 Å². The highest BCUT2D eigenvalue weighted by Gasteiger charge is 2.27. The second kappa shape index (κ2) is 5.28. The molecule has 3 nitrogen and oxygen atoms in total. The third kappa shape index (κ3) is 5.12. The summed E-state index contributed by atoms with van der Waals surface area (Å²) in [5, 5.41) is 2.99. The summed E-state index contributed by atoms with van der Waals surface area (Å²) in [7, 11) is -3.00. The lowest BCUT2D eigenvalue weighted by Crippen LogP contribution is -2.34. The molecule has 0 aliphatic heterocycles. The number of hydrogen-bond donors (Lipinski definition) is 1. The minimum absolute atomic E-state index is 0.163. The zero-order valence-corrected chi connectivity index (χ0v) is 11.3. The average Bonchev–Trinajstić information content (AvgIpc) is 1.95. The Kier molecular flexibility index (Phi) is 5.33. The van der Waals surface area contributed by atoms with Crippen molar-refractivity contribution in [1.29, 1.82) is 0 Å². The Morgan fingerprint density at radius 2 is 1.93 bits per heavy atom. The summed E-state index contributed by atoms with van der Waals surface area (Å²) in [5.74, 6) is 0.163.